The van der Waals surface area contributed by atoms with Crippen molar-refractivity contribution >= 4 is 5.78 Å². The van der Waals surface area contributed by atoms with Crippen LogP contribution >= 0.6 is 0 Å². The van der Waals surface area contributed by atoms with E-state index in [4.69, 9.17) is 4.74 Å². The van der Waals surface area contributed by atoms with Gasteiger partial charge < -0.3 is 4.74 Å². The minimum Gasteiger partial charge on any atom is -0.368 e. The van der Waals surface area contributed by atoms with Crippen LogP contribution in [0.25, 0.3) is 0 Å². The maximum atomic E-state index is 11.8. The molecule has 0 N–H and O–H groups in total. The average Bonchev–Trinajstić information content (AvgIpc) is 2.39. The Hall–Kier alpha value is -0.370. The van der Waals surface area contributed by atoms with Crippen LogP contribution in [0, 0.1) is 11.3 Å². The Labute approximate surface area is 97.7 Å². The van der Waals surface area contributed by atoms with E-state index in [1.54, 1.807) is 0 Å². The summed E-state index contributed by atoms with van der Waals surface area (Å²) >= 11 is 0. The van der Waals surface area contributed by atoms with Crippen LogP contribution in [0.15, 0.2) is 0 Å². The summed E-state index contributed by atoms with van der Waals surface area (Å²) in [5, 5.41) is 0. The second-order valence-electron chi connectivity index (χ2n) is 6.92. The molecule has 1 heterocycles. The molecule has 3 aliphatic rings. The third-order valence-electron chi connectivity index (χ3n) is 5.60. The molecule has 90 valence electrons. The van der Waals surface area contributed by atoms with Gasteiger partial charge in [-0.25, -0.2) is 0 Å². The summed E-state index contributed by atoms with van der Waals surface area (Å²) in [5.74, 6) is 1.07. The van der Waals surface area contributed by atoms with E-state index in [1.165, 1.54) is 12.8 Å². The van der Waals surface area contributed by atoms with Gasteiger partial charge in [0, 0.05) is 12.8 Å². The van der Waals surface area contributed by atoms with Crippen molar-refractivity contribution < 1.29 is 9.53 Å². The first-order chi connectivity index (χ1) is 7.37. The van der Waals surface area contributed by atoms with Crippen molar-refractivity contribution in [3.63, 3.8) is 0 Å². The molecule has 3 rings (SSSR count). The highest BCUT2D eigenvalue weighted by Crippen LogP contribution is 2.63. The molecule has 0 aromatic heterocycles. The topological polar surface area (TPSA) is 26.3 Å². The van der Waals surface area contributed by atoms with E-state index in [-0.39, 0.29) is 16.6 Å². The molecule has 0 aromatic carbocycles. The van der Waals surface area contributed by atoms with Crippen molar-refractivity contribution in [3.05, 3.63) is 0 Å². The van der Waals surface area contributed by atoms with Crippen molar-refractivity contribution in [2.75, 3.05) is 0 Å². The molecular weight excluding hydrogens is 200 g/mol. The lowest BCUT2D eigenvalue weighted by Crippen LogP contribution is -2.52. The molecule has 2 unspecified atom stereocenters. The summed E-state index contributed by atoms with van der Waals surface area (Å²) in [5.41, 5.74) is 0.120. The molecule has 2 nitrogen and oxygen atoms in total. The molecule has 2 bridgehead atoms. The molecule has 3 atom stereocenters. The largest absolute Gasteiger partial charge is 0.368 e. The molecule has 0 amide bonds. The normalized spacial score (nSPS) is 50.2. The van der Waals surface area contributed by atoms with Crippen molar-refractivity contribution in [1.82, 2.24) is 0 Å². The summed E-state index contributed by atoms with van der Waals surface area (Å²) in [6.07, 6.45) is 6.11. The number of Topliss-reactive ketones (excluding diaryl/α,β-unsaturated/α-hetero) is 1. The van der Waals surface area contributed by atoms with E-state index in [2.05, 4.69) is 20.8 Å². The van der Waals surface area contributed by atoms with Gasteiger partial charge in [0.25, 0.3) is 0 Å². The van der Waals surface area contributed by atoms with Gasteiger partial charge in [-0.15, -0.1) is 0 Å². The lowest BCUT2D eigenvalue weighted by atomic mass is 9.56. The number of ether oxygens (including phenoxy) is 1. The average molecular weight is 222 g/mol. The lowest BCUT2D eigenvalue weighted by molar-refractivity contribution is -0.173. The fourth-order valence-corrected chi connectivity index (χ4v) is 4.31. The zero-order chi connectivity index (χ0) is 11.6. The summed E-state index contributed by atoms with van der Waals surface area (Å²) in [7, 11) is 0. The standard InChI is InChI=1S/C14H22O2/c1-12(2)10-4-6-13(3)7-5-11(15)9-14(13,8-10)16-12/h10H,4-9H2,1-3H3/t10?,13-,14?/m1/s1. The second-order valence-corrected chi connectivity index (χ2v) is 6.92. The van der Waals surface area contributed by atoms with Gasteiger partial charge in [0.05, 0.1) is 11.2 Å². The maximum Gasteiger partial charge on any atom is 0.135 e. The zero-order valence-corrected chi connectivity index (χ0v) is 10.6. The number of hydrogen-bond acceptors (Lipinski definition) is 2. The van der Waals surface area contributed by atoms with Crippen LogP contribution in [0.1, 0.15) is 59.3 Å². The van der Waals surface area contributed by atoms with E-state index in [9.17, 15) is 4.79 Å². The number of hydrogen-bond donors (Lipinski definition) is 0. The molecule has 1 spiro atoms. The Balaban J connectivity index is 2.02. The summed E-state index contributed by atoms with van der Waals surface area (Å²) in [4.78, 5) is 11.8. The minimum absolute atomic E-state index is 0.0185. The molecule has 1 aliphatic heterocycles. The lowest BCUT2D eigenvalue weighted by Gasteiger charge is -2.51. The maximum absolute atomic E-state index is 11.8. The second kappa shape index (κ2) is 2.90. The molecule has 2 aliphatic carbocycles. The molecule has 0 aromatic rings. The summed E-state index contributed by atoms with van der Waals surface area (Å²) in [6, 6.07) is 0. The first-order valence-electron chi connectivity index (χ1n) is 6.59. The van der Waals surface area contributed by atoms with Gasteiger partial charge in [-0.2, -0.15) is 0 Å². The van der Waals surface area contributed by atoms with Gasteiger partial charge in [-0.3, -0.25) is 4.79 Å². The SMILES string of the molecule is CC1(C)OC23CC(=O)CC[C@@]2(C)CCC1C3. The molecule has 2 heteroatoms. The van der Waals surface area contributed by atoms with Gasteiger partial charge in [-0.05, 0) is 50.9 Å². The van der Waals surface area contributed by atoms with Gasteiger partial charge in [0.15, 0.2) is 0 Å². The van der Waals surface area contributed by atoms with Crippen LogP contribution in [0.4, 0.5) is 0 Å². The van der Waals surface area contributed by atoms with Crippen molar-refractivity contribution in [3.8, 4) is 0 Å². The van der Waals surface area contributed by atoms with Gasteiger partial charge in [-0.1, -0.05) is 6.92 Å². The van der Waals surface area contributed by atoms with Crippen molar-refractivity contribution in [2.45, 2.75) is 70.5 Å². The smallest absolute Gasteiger partial charge is 0.135 e. The fraction of sp³-hybridized carbons (Fsp3) is 0.929. The van der Waals surface area contributed by atoms with Crippen LogP contribution in [-0.2, 0) is 9.53 Å². The zero-order valence-electron chi connectivity index (χ0n) is 10.6. The molecule has 2 saturated carbocycles. The van der Waals surface area contributed by atoms with Crippen LogP contribution in [0.3, 0.4) is 0 Å². The Morgan fingerprint density at radius 1 is 1.25 bits per heavy atom. The predicted molar refractivity (Wildman–Crippen MR) is 62.2 cm³/mol. The van der Waals surface area contributed by atoms with Crippen molar-refractivity contribution in [2.24, 2.45) is 11.3 Å². The number of ketones is 1. The molecule has 3 fully saturated rings. The van der Waals surface area contributed by atoms with E-state index >= 15 is 0 Å². The Kier molecular flexibility index (Phi) is 1.95. The van der Waals surface area contributed by atoms with Gasteiger partial charge in [0.2, 0.25) is 0 Å². The van der Waals surface area contributed by atoms with E-state index in [1.807, 2.05) is 0 Å². The molecule has 0 radical (unpaired) electrons. The van der Waals surface area contributed by atoms with E-state index in [0.717, 1.165) is 19.3 Å². The molecule has 16 heavy (non-hydrogen) atoms. The quantitative estimate of drug-likeness (QED) is 0.629. The Morgan fingerprint density at radius 2 is 2.00 bits per heavy atom. The summed E-state index contributed by atoms with van der Waals surface area (Å²) in [6.45, 7) is 6.76. The van der Waals surface area contributed by atoms with Crippen LogP contribution in [0.2, 0.25) is 0 Å². The molecule has 1 saturated heterocycles. The van der Waals surface area contributed by atoms with Crippen LogP contribution in [-0.4, -0.2) is 17.0 Å². The number of fused-ring (bicyclic) bond motifs is 1. The van der Waals surface area contributed by atoms with Crippen molar-refractivity contribution in [1.29, 1.82) is 0 Å². The summed E-state index contributed by atoms with van der Waals surface area (Å²) < 4.78 is 6.42. The van der Waals surface area contributed by atoms with E-state index < -0.39 is 0 Å². The highest BCUT2D eigenvalue weighted by molar-refractivity contribution is 5.81. The highest BCUT2D eigenvalue weighted by atomic mass is 16.5. The van der Waals surface area contributed by atoms with Crippen LogP contribution in [0.5, 0.6) is 0 Å². The minimum atomic E-state index is -0.116. The monoisotopic (exact) mass is 222 g/mol. The van der Waals surface area contributed by atoms with E-state index in [0.29, 0.717) is 18.1 Å². The number of rotatable bonds is 0. The van der Waals surface area contributed by atoms with Gasteiger partial charge in [0.1, 0.15) is 5.78 Å². The van der Waals surface area contributed by atoms with Crippen LogP contribution < -0.4 is 0 Å². The fourth-order valence-electron chi connectivity index (χ4n) is 4.31. The predicted octanol–water partition coefficient (Wildman–Crippen LogP) is 3.09. The number of carbonyl (C=O) groups is 1. The third-order valence-corrected chi connectivity index (χ3v) is 5.60. The highest BCUT2D eigenvalue weighted by Gasteiger charge is 2.64. The number of carbonyl (C=O) groups excluding carboxylic acids is 1. The Bertz CT molecular complexity index is 347. The molecular formula is C14H22O2. The third kappa shape index (κ3) is 1.20. The first kappa shape index (κ1) is 10.8. The Morgan fingerprint density at radius 3 is 2.75 bits per heavy atom. The van der Waals surface area contributed by atoms with Gasteiger partial charge >= 0.3 is 0 Å². The first-order valence-corrected chi connectivity index (χ1v) is 6.59.